The second kappa shape index (κ2) is 7.78. The van der Waals surface area contributed by atoms with Gasteiger partial charge in [0.2, 0.25) is 0 Å². The van der Waals surface area contributed by atoms with Crippen LogP contribution in [0.2, 0.25) is 0 Å². The Labute approximate surface area is 151 Å². The van der Waals surface area contributed by atoms with Crippen LogP contribution in [-0.4, -0.2) is 73.1 Å². The van der Waals surface area contributed by atoms with Crippen LogP contribution in [0.5, 0.6) is 5.75 Å². The van der Waals surface area contributed by atoms with Crippen molar-refractivity contribution in [3.05, 3.63) is 27.8 Å². The van der Waals surface area contributed by atoms with Crippen LogP contribution in [-0.2, 0) is 4.79 Å². The molecule has 9 nitrogen and oxygen atoms in total. The number of likely N-dealkylation sites (N-methyl/N-ethyl adjacent to an activating group) is 1. The van der Waals surface area contributed by atoms with Gasteiger partial charge in [-0.2, -0.15) is 13.2 Å². The van der Waals surface area contributed by atoms with Crippen LogP contribution in [0, 0.1) is 10.1 Å². The first-order chi connectivity index (χ1) is 12.5. The summed E-state index contributed by atoms with van der Waals surface area (Å²) < 4.78 is 42.3. The van der Waals surface area contributed by atoms with Gasteiger partial charge in [-0.25, -0.2) is 0 Å². The summed E-state index contributed by atoms with van der Waals surface area (Å²) in [5.41, 5.74) is -1.61. The predicted molar refractivity (Wildman–Crippen MR) is 87.7 cm³/mol. The van der Waals surface area contributed by atoms with Crippen molar-refractivity contribution in [2.75, 3.05) is 45.7 Å². The molecule has 0 atom stereocenters. The van der Waals surface area contributed by atoms with Gasteiger partial charge in [0.15, 0.2) is 0 Å². The number of ether oxygens (including phenoxy) is 1. The van der Waals surface area contributed by atoms with E-state index < -0.39 is 34.3 Å². The lowest BCUT2D eigenvalue weighted by Crippen LogP contribution is -2.47. The summed E-state index contributed by atoms with van der Waals surface area (Å²) in [5, 5.41) is 12.9. The van der Waals surface area contributed by atoms with Crippen LogP contribution in [0.25, 0.3) is 0 Å². The summed E-state index contributed by atoms with van der Waals surface area (Å²) >= 11 is 0. The number of anilines is 1. The Hall–Kier alpha value is -2.89. The minimum absolute atomic E-state index is 0.296. The van der Waals surface area contributed by atoms with Gasteiger partial charge in [0.05, 0.1) is 17.7 Å². The third kappa shape index (κ3) is 4.64. The number of alkyl halides is 3. The highest BCUT2D eigenvalue weighted by molar-refractivity contribution is 6.02. The van der Waals surface area contributed by atoms with Crippen LogP contribution in [0.4, 0.5) is 24.5 Å². The maximum atomic E-state index is 12.7. The molecule has 0 aromatic heterocycles. The van der Waals surface area contributed by atoms with Crippen molar-refractivity contribution >= 4 is 23.2 Å². The monoisotopic (exact) mass is 390 g/mol. The number of benzene rings is 1. The number of hydrogen-bond acceptors (Lipinski definition) is 6. The summed E-state index contributed by atoms with van der Waals surface area (Å²) in [7, 11) is 2.97. The van der Waals surface area contributed by atoms with E-state index in [1.165, 1.54) is 10.2 Å². The number of hydrogen-bond donors (Lipinski definition) is 1. The first kappa shape index (κ1) is 20.4. The van der Waals surface area contributed by atoms with Crippen molar-refractivity contribution in [3.63, 3.8) is 0 Å². The normalized spacial score (nSPS) is 15.4. The summed E-state index contributed by atoms with van der Waals surface area (Å²) in [5.74, 6) is -3.24. The zero-order chi connectivity index (χ0) is 20.4. The number of carbonyl (C=O) groups excluding carboxylic acids is 2. The molecule has 148 valence electrons. The molecule has 2 rings (SSSR count). The number of nitrogens with one attached hydrogen (secondary N) is 1. The summed E-state index contributed by atoms with van der Waals surface area (Å²) in [6.07, 6.45) is -5.19. The Morgan fingerprint density at radius 1 is 1.22 bits per heavy atom. The molecule has 1 aliphatic rings. The lowest BCUT2D eigenvalue weighted by atomic mass is 10.1. The van der Waals surface area contributed by atoms with E-state index in [9.17, 15) is 32.9 Å². The number of nitro benzene ring substituents is 1. The summed E-state index contributed by atoms with van der Waals surface area (Å²) in [6.45, 7) is 1.86. The first-order valence-electron chi connectivity index (χ1n) is 7.77. The van der Waals surface area contributed by atoms with E-state index in [4.69, 9.17) is 4.74 Å². The van der Waals surface area contributed by atoms with Gasteiger partial charge in [0, 0.05) is 38.3 Å². The maximum Gasteiger partial charge on any atom is 0.471 e. The van der Waals surface area contributed by atoms with Gasteiger partial charge in [-0.15, -0.1) is 0 Å². The van der Waals surface area contributed by atoms with Crippen molar-refractivity contribution < 1.29 is 32.4 Å². The van der Waals surface area contributed by atoms with E-state index in [1.807, 2.05) is 11.9 Å². The molecule has 0 saturated carbocycles. The van der Waals surface area contributed by atoms with Gasteiger partial charge >= 0.3 is 12.1 Å². The Morgan fingerprint density at radius 2 is 1.81 bits per heavy atom. The number of nitrogens with zero attached hydrogens (tertiary/aromatic N) is 3. The van der Waals surface area contributed by atoms with E-state index in [0.717, 1.165) is 13.2 Å². The molecule has 12 heteroatoms. The SMILES string of the molecule is COc1cc(C(=O)N2CCN(C)CC2)c([N+](=O)[O-])cc1NC(=O)C(F)(F)F. The average Bonchev–Trinajstić information content (AvgIpc) is 2.60. The minimum atomic E-state index is -5.19. The molecule has 0 unspecified atom stereocenters. The Morgan fingerprint density at radius 3 is 2.30 bits per heavy atom. The van der Waals surface area contributed by atoms with E-state index in [-0.39, 0.29) is 11.3 Å². The molecule has 2 amide bonds. The second-order valence-electron chi connectivity index (χ2n) is 5.87. The highest BCUT2D eigenvalue weighted by atomic mass is 19.4. The third-order valence-corrected chi connectivity index (χ3v) is 4.04. The molecule has 0 radical (unpaired) electrons. The van der Waals surface area contributed by atoms with Gasteiger partial charge in [-0.3, -0.25) is 19.7 Å². The standard InChI is InChI=1S/C15H17F3N4O5/c1-20-3-5-21(6-4-20)13(23)9-7-12(27-2)10(8-11(9)22(25)26)19-14(24)15(16,17)18/h7-8H,3-6H2,1-2H3,(H,19,24). The van der Waals surface area contributed by atoms with E-state index in [1.54, 1.807) is 0 Å². The zero-order valence-corrected chi connectivity index (χ0v) is 14.5. The molecule has 0 bridgehead atoms. The van der Waals surface area contributed by atoms with Crippen LogP contribution in [0.3, 0.4) is 0 Å². The van der Waals surface area contributed by atoms with Crippen molar-refractivity contribution in [1.82, 2.24) is 9.80 Å². The molecule has 1 N–H and O–H groups in total. The summed E-state index contributed by atoms with van der Waals surface area (Å²) in [4.78, 5) is 37.7. The van der Waals surface area contributed by atoms with E-state index in [2.05, 4.69) is 0 Å². The third-order valence-electron chi connectivity index (χ3n) is 4.04. The number of methoxy groups -OCH3 is 1. The smallest absolute Gasteiger partial charge is 0.471 e. The Kier molecular flexibility index (Phi) is 5.88. The molecule has 0 spiro atoms. The lowest BCUT2D eigenvalue weighted by Gasteiger charge is -2.32. The van der Waals surface area contributed by atoms with Crippen molar-refractivity contribution in [2.45, 2.75) is 6.18 Å². The minimum Gasteiger partial charge on any atom is -0.495 e. The largest absolute Gasteiger partial charge is 0.495 e. The number of amides is 2. The topological polar surface area (TPSA) is 105 Å². The van der Waals surface area contributed by atoms with E-state index in [0.29, 0.717) is 32.2 Å². The van der Waals surface area contributed by atoms with Gasteiger partial charge < -0.3 is 19.9 Å². The average molecular weight is 390 g/mol. The number of carbonyl (C=O) groups is 2. The zero-order valence-electron chi connectivity index (χ0n) is 14.5. The van der Waals surface area contributed by atoms with Gasteiger partial charge in [0.25, 0.3) is 11.6 Å². The molecule has 1 fully saturated rings. The van der Waals surface area contributed by atoms with Gasteiger partial charge in [0.1, 0.15) is 11.3 Å². The number of rotatable bonds is 4. The Balaban J connectivity index is 2.42. The molecule has 1 saturated heterocycles. The lowest BCUT2D eigenvalue weighted by molar-refractivity contribution is -0.385. The Bertz CT molecular complexity index is 761. The fourth-order valence-corrected chi connectivity index (χ4v) is 2.53. The summed E-state index contributed by atoms with van der Waals surface area (Å²) in [6, 6.07) is 1.65. The second-order valence-corrected chi connectivity index (χ2v) is 5.87. The van der Waals surface area contributed by atoms with Crippen LogP contribution in [0.1, 0.15) is 10.4 Å². The van der Waals surface area contributed by atoms with Gasteiger partial charge in [-0.1, -0.05) is 0 Å². The highest BCUT2D eigenvalue weighted by Gasteiger charge is 2.39. The molecular weight excluding hydrogens is 373 g/mol. The maximum absolute atomic E-state index is 12.7. The molecular formula is C15H17F3N4O5. The predicted octanol–water partition coefficient (Wildman–Crippen LogP) is 1.49. The molecule has 1 aliphatic heterocycles. The van der Waals surface area contributed by atoms with Crippen LogP contribution >= 0.6 is 0 Å². The molecule has 1 aromatic rings. The van der Waals surface area contributed by atoms with E-state index >= 15 is 0 Å². The quantitative estimate of drug-likeness (QED) is 0.617. The van der Waals surface area contributed by atoms with Crippen LogP contribution < -0.4 is 10.1 Å². The molecule has 1 aromatic carbocycles. The fraction of sp³-hybridized carbons (Fsp3) is 0.467. The molecule has 0 aliphatic carbocycles. The first-order valence-corrected chi connectivity index (χ1v) is 7.77. The van der Waals surface area contributed by atoms with Crippen molar-refractivity contribution in [2.24, 2.45) is 0 Å². The number of halogens is 3. The van der Waals surface area contributed by atoms with Gasteiger partial charge in [-0.05, 0) is 7.05 Å². The number of piperazine rings is 1. The highest BCUT2D eigenvalue weighted by Crippen LogP contribution is 2.34. The number of nitro groups is 1. The van der Waals surface area contributed by atoms with Crippen molar-refractivity contribution in [3.8, 4) is 5.75 Å². The van der Waals surface area contributed by atoms with Crippen molar-refractivity contribution in [1.29, 1.82) is 0 Å². The molecule has 27 heavy (non-hydrogen) atoms. The van der Waals surface area contributed by atoms with Crippen LogP contribution in [0.15, 0.2) is 12.1 Å². The fourth-order valence-electron chi connectivity index (χ4n) is 2.53. The molecule has 1 heterocycles.